The van der Waals surface area contributed by atoms with E-state index < -0.39 is 5.51 Å². The van der Waals surface area contributed by atoms with Crippen LogP contribution in [0, 0.1) is 0 Å². The van der Waals surface area contributed by atoms with Crippen LogP contribution in [-0.2, 0) is 11.3 Å². The molecular weight excluding hydrogens is 287 g/mol. The highest BCUT2D eigenvalue weighted by atomic mass is 32.2. The molecule has 114 valence electrons. The molecule has 0 amide bonds. The van der Waals surface area contributed by atoms with Crippen LogP contribution in [0.4, 0.5) is 13.2 Å². The SMILES string of the molecule is CCCC(COC)NCc1ccc(SC(F)(F)F)cc1. The predicted octanol–water partition coefficient (Wildman–Crippen LogP) is 4.20. The minimum atomic E-state index is -4.23. The molecule has 0 aliphatic heterocycles. The topological polar surface area (TPSA) is 21.3 Å². The zero-order valence-corrected chi connectivity index (χ0v) is 12.5. The zero-order chi connectivity index (χ0) is 15.0. The number of nitrogens with one attached hydrogen (secondary N) is 1. The van der Waals surface area contributed by atoms with Crippen molar-refractivity contribution >= 4 is 11.8 Å². The third kappa shape index (κ3) is 7.17. The molecule has 0 heterocycles. The fourth-order valence-corrected chi connectivity index (χ4v) is 2.40. The van der Waals surface area contributed by atoms with Crippen LogP contribution in [0.5, 0.6) is 0 Å². The molecule has 0 bridgehead atoms. The number of hydrogen-bond acceptors (Lipinski definition) is 3. The van der Waals surface area contributed by atoms with Crippen molar-refractivity contribution in [2.75, 3.05) is 13.7 Å². The summed E-state index contributed by atoms with van der Waals surface area (Å²) in [7, 11) is 1.66. The summed E-state index contributed by atoms with van der Waals surface area (Å²) in [4.78, 5) is 0.211. The highest BCUT2D eigenvalue weighted by Gasteiger charge is 2.28. The maximum atomic E-state index is 12.2. The van der Waals surface area contributed by atoms with Gasteiger partial charge in [0.05, 0.1) is 6.61 Å². The number of halogens is 3. The van der Waals surface area contributed by atoms with Gasteiger partial charge in [-0.15, -0.1) is 0 Å². The summed E-state index contributed by atoms with van der Waals surface area (Å²) in [5.74, 6) is 0. The van der Waals surface area contributed by atoms with Gasteiger partial charge in [0.25, 0.3) is 0 Å². The molecule has 0 radical (unpaired) electrons. The summed E-state index contributed by atoms with van der Waals surface area (Å²) in [5, 5.41) is 3.35. The Kier molecular flexibility index (Phi) is 7.40. The van der Waals surface area contributed by atoms with Crippen molar-refractivity contribution in [1.29, 1.82) is 0 Å². The smallest absolute Gasteiger partial charge is 0.383 e. The summed E-state index contributed by atoms with van der Waals surface area (Å²) in [6, 6.07) is 6.71. The number of methoxy groups -OCH3 is 1. The van der Waals surface area contributed by atoms with Gasteiger partial charge in [0.15, 0.2) is 0 Å². The lowest BCUT2D eigenvalue weighted by Crippen LogP contribution is -2.32. The van der Waals surface area contributed by atoms with Crippen LogP contribution in [0.2, 0.25) is 0 Å². The second-order valence-electron chi connectivity index (χ2n) is 4.51. The van der Waals surface area contributed by atoms with E-state index in [1.807, 2.05) is 0 Å². The van der Waals surface area contributed by atoms with E-state index in [2.05, 4.69) is 12.2 Å². The second kappa shape index (κ2) is 8.54. The van der Waals surface area contributed by atoms with Gasteiger partial charge in [-0.25, -0.2) is 0 Å². The third-order valence-electron chi connectivity index (χ3n) is 2.76. The molecule has 6 heteroatoms. The first-order valence-corrected chi connectivity index (χ1v) is 7.33. The number of thioether (sulfide) groups is 1. The van der Waals surface area contributed by atoms with Crippen LogP contribution >= 0.6 is 11.8 Å². The number of benzene rings is 1. The normalized spacial score (nSPS) is 13.4. The maximum absolute atomic E-state index is 12.2. The average Bonchev–Trinajstić information content (AvgIpc) is 2.36. The molecule has 2 nitrogen and oxygen atoms in total. The summed E-state index contributed by atoms with van der Waals surface area (Å²) in [5.41, 5.74) is -3.27. The summed E-state index contributed by atoms with van der Waals surface area (Å²) in [6.45, 7) is 3.37. The third-order valence-corrected chi connectivity index (χ3v) is 3.50. The van der Waals surface area contributed by atoms with E-state index in [1.54, 1.807) is 19.2 Å². The van der Waals surface area contributed by atoms with Crippen LogP contribution in [0.1, 0.15) is 25.3 Å². The molecule has 0 saturated heterocycles. The van der Waals surface area contributed by atoms with Gasteiger partial charge in [-0.2, -0.15) is 13.2 Å². The Labute approximate surface area is 122 Å². The van der Waals surface area contributed by atoms with Crippen molar-refractivity contribution in [2.24, 2.45) is 0 Å². The highest BCUT2D eigenvalue weighted by molar-refractivity contribution is 8.00. The van der Waals surface area contributed by atoms with E-state index in [0.29, 0.717) is 13.2 Å². The van der Waals surface area contributed by atoms with Crippen molar-refractivity contribution in [3.63, 3.8) is 0 Å². The first-order chi connectivity index (χ1) is 9.44. The van der Waals surface area contributed by atoms with E-state index in [0.717, 1.165) is 18.4 Å². The molecule has 0 aromatic heterocycles. The Hall–Kier alpha value is -0.720. The first-order valence-electron chi connectivity index (χ1n) is 6.51. The van der Waals surface area contributed by atoms with Gasteiger partial charge in [0.2, 0.25) is 0 Å². The van der Waals surface area contributed by atoms with Crippen molar-refractivity contribution in [2.45, 2.75) is 42.8 Å². The van der Waals surface area contributed by atoms with Crippen LogP contribution in [0.25, 0.3) is 0 Å². The molecule has 20 heavy (non-hydrogen) atoms. The standard InChI is InChI=1S/C14H20F3NOS/c1-3-4-12(10-19-2)18-9-11-5-7-13(8-6-11)20-14(15,16)17/h5-8,12,18H,3-4,9-10H2,1-2H3. The Balaban J connectivity index is 2.48. The van der Waals surface area contributed by atoms with Crippen molar-refractivity contribution in [1.82, 2.24) is 5.32 Å². The quantitative estimate of drug-likeness (QED) is 0.727. The number of rotatable bonds is 8. The molecule has 1 atom stereocenters. The number of alkyl halides is 3. The maximum Gasteiger partial charge on any atom is 0.446 e. The minimum absolute atomic E-state index is 0.0903. The van der Waals surface area contributed by atoms with E-state index in [9.17, 15) is 13.2 Å². The van der Waals surface area contributed by atoms with Gasteiger partial charge in [-0.1, -0.05) is 25.5 Å². The van der Waals surface area contributed by atoms with E-state index in [4.69, 9.17) is 4.74 Å². The monoisotopic (exact) mass is 307 g/mol. The van der Waals surface area contributed by atoms with Crippen LogP contribution in [0.15, 0.2) is 29.2 Å². The van der Waals surface area contributed by atoms with Crippen LogP contribution in [-0.4, -0.2) is 25.3 Å². The highest BCUT2D eigenvalue weighted by Crippen LogP contribution is 2.36. The molecule has 1 aromatic rings. The van der Waals surface area contributed by atoms with Crippen molar-refractivity contribution in [3.8, 4) is 0 Å². The zero-order valence-electron chi connectivity index (χ0n) is 11.7. The summed E-state index contributed by atoms with van der Waals surface area (Å²) in [6.07, 6.45) is 2.07. The Morgan fingerprint density at radius 1 is 1.25 bits per heavy atom. The van der Waals surface area contributed by atoms with Gasteiger partial charge in [-0.3, -0.25) is 0 Å². The van der Waals surface area contributed by atoms with Gasteiger partial charge in [0, 0.05) is 24.6 Å². The average molecular weight is 307 g/mol. The fourth-order valence-electron chi connectivity index (χ4n) is 1.87. The van der Waals surface area contributed by atoms with Crippen molar-refractivity contribution < 1.29 is 17.9 Å². The molecule has 0 spiro atoms. The molecule has 0 aliphatic carbocycles. The van der Waals surface area contributed by atoms with Gasteiger partial charge in [0.1, 0.15) is 0 Å². The van der Waals surface area contributed by atoms with E-state index in [-0.39, 0.29) is 22.7 Å². The van der Waals surface area contributed by atoms with E-state index in [1.165, 1.54) is 12.1 Å². The van der Waals surface area contributed by atoms with Gasteiger partial charge >= 0.3 is 5.51 Å². The Bertz CT molecular complexity index is 375. The fraction of sp³-hybridized carbons (Fsp3) is 0.571. The molecule has 1 unspecified atom stereocenters. The van der Waals surface area contributed by atoms with Gasteiger partial charge in [-0.05, 0) is 35.9 Å². The van der Waals surface area contributed by atoms with E-state index >= 15 is 0 Å². The first kappa shape index (κ1) is 17.3. The predicted molar refractivity (Wildman–Crippen MR) is 75.8 cm³/mol. The molecular formula is C14H20F3NOS. The molecule has 1 N–H and O–H groups in total. The number of ether oxygens (including phenoxy) is 1. The Morgan fingerprint density at radius 2 is 1.90 bits per heavy atom. The largest absolute Gasteiger partial charge is 0.446 e. The number of hydrogen-bond donors (Lipinski definition) is 1. The molecule has 0 aliphatic rings. The van der Waals surface area contributed by atoms with Crippen molar-refractivity contribution in [3.05, 3.63) is 29.8 Å². The Morgan fingerprint density at radius 3 is 2.40 bits per heavy atom. The lowest BCUT2D eigenvalue weighted by atomic mass is 10.1. The molecule has 0 saturated carbocycles. The summed E-state index contributed by atoms with van der Waals surface area (Å²) >= 11 is -0.0903. The van der Waals surface area contributed by atoms with Gasteiger partial charge < -0.3 is 10.1 Å². The van der Waals surface area contributed by atoms with Crippen LogP contribution < -0.4 is 5.32 Å². The lowest BCUT2D eigenvalue weighted by Gasteiger charge is -2.17. The molecule has 0 fully saturated rings. The summed E-state index contributed by atoms with van der Waals surface area (Å²) < 4.78 is 41.7. The lowest BCUT2D eigenvalue weighted by molar-refractivity contribution is -0.0328. The van der Waals surface area contributed by atoms with Crippen LogP contribution in [0.3, 0.4) is 0 Å². The molecule has 1 aromatic carbocycles. The minimum Gasteiger partial charge on any atom is -0.383 e. The second-order valence-corrected chi connectivity index (χ2v) is 5.65. The molecule has 1 rings (SSSR count).